The molecule has 4 rings (SSSR count). The number of benzene rings is 1. The fourth-order valence-corrected chi connectivity index (χ4v) is 3.26. The third-order valence-corrected chi connectivity index (χ3v) is 4.34. The molecule has 112 valence electrons. The fourth-order valence-electron chi connectivity index (χ4n) is 2.45. The van der Waals surface area contributed by atoms with E-state index in [0.29, 0.717) is 21.6 Å². The van der Waals surface area contributed by atoms with Crippen molar-refractivity contribution in [3.05, 3.63) is 73.3 Å². The first kappa shape index (κ1) is 13.6. The van der Waals surface area contributed by atoms with Crippen molar-refractivity contribution in [3.8, 4) is 5.88 Å². The Hall–Kier alpha value is -3.06. The van der Waals surface area contributed by atoms with Gasteiger partial charge in [0.05, 0.1) is 0 Å². The van der Waals surface area contributed by atoms with E-state index < -0.39 is 0 Å². The number of hydrogen-bond acceptors (Lipinski definition) is 5. The van der Waals surface area contributed by atoms with Crippen molar-refractivity contribution < 1.29 is 10.1 Å². The molecule has 1 aliphatic heterocycles. The van der Waals surface area contributed by atoms with Crippen LogP contribution in [0, 0.1) is 0 Å². The van der Waals surface area contributed by atoms with Gasteiger partial charge < -0.3 is 5.11 Å². The number of nitrogens with one attached hydrogen (secondary N) is 2. The summed E-state index contributed by atoms with van der Waals surface area (Å²) in [5.41, 5.74) is 1.56. The highest BCUT2D eigenvalue weighted by atomic mass is 32.1. The van der Waals surface area contributed by atoms with E-state index in [4.69, 9.17) is 0 Å². The lowest BCUT2D eigenvalue weighted by Crippen LogP contribution is -2.62. The summed E-state index contributed by atoms with van der Waals surface area (Å²) in [6.45, 7) is 0. The van der Waals surface area contributed by atoms with Crippen molar-refractivity contribution in [2.45, 2.75) is 0 Å². The highest BCUT2D eigenvalue weighted by Crippen LogP contribution is 2.28. The standard InChI is InChI=1S/C16H10N4O2S/c21-15-13(23-16(22)20-15)12(9-4-2-1-3-5-9)10-6-7-11-14(19-10)18-8-17-11/h1-8,21H,(H,20,22)/p+1. The zero-order valence-electron chi connectivity index (χ0n) is 11.8. The van der Waals surface area contributed by atoms with Crippen molar-refractivity contribution >= 4 is 29.1 Å². The fraction of sp³-hybridized carbons (Fsp3) is 0. The number of thiazole rings is 1. The SMILES string of the molecule is O=c1[nH]c(O)c(C(c2ccccc2)=c2ccc3c(n2)[NH+]=CN=3)s1. The van der Waals surface area contributed by atoms with Crippen molar-refractivity contribution in [1.29, 1.82) is 0 Å². The van der Waals surface area contributed by atoms with Crippen LogP contribution in [0.25, 0.3) is 5.57 Å². The van der Waals surface area contributed by atoms with Gasteiger partial charge in [0.25, 0.3) is 0 Å². The van der Waals surface area contributed by atoms with Crippen LogP contribution >= 0.6 is 11.3 Å². The Labute approximate surface area is 133 Å². The van der Waals surface area contributed by atoms with Crippen molar-refractivity contribution in [2.75, 3.05) is 0 Å². The predicted octanol–water partition coefficient (Wildman–Crippen LogP) is -0.842. The second kappa shape index (κ2) is 5.29. The van der Waals surface area contributed by atoms with Crippen LogP contribution in [0.5, 0.6) is 5.88 Å². The lowest BCUT2D eigenvalue weighted by atomic mass is 10.0. The maximum Gasteiger partial charge on any atom is 0.307 e. The minimum Gasteiger partial charge on any atom is -0.493 e. The van der Waals surface area contributed by atoms with Gasteiger partial charge in [0.15, 0.2) is 0 Å². The summed E-state index contributed by atoms with van der Waals surface area (Å²) in [6.07, 6.45) is 1.58. The van der Waals surface area contributed by atoms with Gasteiger partial charge in [-0.25, -0.2) is 4.99 Å². The molecule has 6 nitrogen and oxygen atoms in total. The number of nitrogens with zero attached hydrogens (tertiary/aromatic N) is 2. The normalized spacial score (nSPS) is 13.6. The molecule has 23 heavy (non-hydrogen) atoms. The van der Waals surface area contributed by atoms with Crippen LogP contribution < -0.4 is 20.6 Å². The molecule has 0 unspecified atom stereocenters. The van der Waals surface area contributed by atoms with E-state index in [0.717, 1.165) is 22.3 Å². The molecule has 0 bridgehead atoms. The van der Waals surface area contributed by atoms with Crippen LogP contribution in [0.2, 0.25) is 0 Å². The third kappa shape index (κ3) is 2.36. The number of H-pyrrole nitrogens is 1. The first-order chi connectivity index (χ1) is 11.2. The summed E-state index contributed by atoms with van der Waals surface area (Å²) >= 11 is 0.956. The number of aromatic hydroxyl groups is 1. The molecule has 7 heteroatoms. The van der Waals surface area contributed by atoms with E-state index in [1.807, 2.05) is 42.5 Å². The van der Waals surface area contributed by atoms with E-state index in [2.05, 4.69) is 20.0 Å². The number of rotatable bonds is 2. The Bertz CT molecular complexity index is 1100. The number of aromatic nitrogens is 2. The van der Waals surface area contributed by atoms with E-state index in [1.165, 1.54) is 0 Å². The Balaban J connectivity index is 2.10. The van der Waals surface area contributed by atoms with Gasteiger partial charge in [-0.1, -0.05) is 46.7 Å². The Morgan fingerprint density at radius 3 is 2.74 bits per heavy atom. The summed E-state index contributed by atoms with van der Waals surface area (Å²) < 4.78 is 0. The molecule has 3 N–H and O–H groups in total. The molecule has 1 aromatic carbocycles. The van der Waals surface area contributed by atoms with Crippen LogP contribution in [-0.2, 0) is 0 Å². The molecule has 3 heterocycles. The number of aromatic amines is 1. The molecule has 0 saturated carbocycles. The zero-order valence-corrected chi connectivity index (χ0v) is 12.6. The molecule has 1 aliphatic rings. The summed E-state index contributed by atoms with van der Waals surface area (Å²) in [4.78, 5) is 25.9. The quantitative estimate of drug-likeness (QED) is 0.574. The van der Waals surface area contributed by atoms with Crippen LogP contribution in [0.1, 0.15) is 10.4 Å². The summed E-state index contributed by atoms with van der Waals surface area (Å²) in [5, 5.41) is 11.5. The monoisotopic (exact) mass is 323 g/mol. The molecule has 0 atom stereocenters. The van der Waals surface area contributed by atoms with E-state index in [1.54, 1.807) is 6.34 Å². The summed E-state index contributed by atoms with van der Waals surface area (Å²) in [6, 6.07) is 13.2. The molecule has 0 spiro atoms. The summed E-state index contributed by atoms with van der Waals surface area (Å²) in [5.74, 6) is 0.503. The minimum atomic E-state index is -0.312. The second-order valence-electron chi connectivity index (χ2n) is 4.90. The molecular weight excluding hydrogens is 312 g/mol. The Morgan fingerprint density at radius 1 is 1.17 bits per heavy atom. The maximum atomic E-state index is 11.6. The lowest BCUT2D eigenvalue weighted by Gasteiger charge is -2.04. The van der Waals surface area contributed by atoms with Crippen LogP contribution in [0.3, 0.4) is 0 Å². The maximum absolute atomic E-state index is 11.6. The molecule has 0 fully saturated rings. The van der Waals surface area contributed by atoms with Gasteiger partial charge in [-0.05, 0) is 17.7 Å². The number of pyridine rings is 1. The molecule has 0 amide bonds. The van der Waals surface area contributed by atoms with E-state index in [-0.39, 0.29) is 10.8 Å². The van der Waals surface area contributed by atoms with E-state index in [9.17, 15) is 9.90 Å². The van der Waals surface area contributed by atoms with E-state index >= 15 is 0 Å². The molecule has 0 saturated heterocycles. The first-order valence-corrected chi connectivity index (χ1v) is 7.69. The van der Waals surface area contributed by atoms with Gasteiger partial charge >= 0.3 is 10.7 Å². The molecule has 0 radical (unpaired) electrons. The van der Waals surface area contributed by atoms with Crippen molar-refractivity contribution in [2.24, 2.45) is 4.99 Å². The Morgan fingerprint density at radius 2 is 2.00 bits per heavy atom. The summed E-state index contributed by atoms with van der Waals surface area (Å²) in [7, 11) is 0. The van der Waals surface area contributed by atoms with Crippen LogP contribution in [0.4, 0.5) is 5.82 Å². The van der Waals surface area contributed by atoms with Gasteiger partial charge in [-0.3, -0.25) is 9.78 Å². The predicted molar refractivity (Wildman–Crippen MR) is 86.4 cm³/mol. The van der Waals surface area contributed by atoms with Gasteiger partial charge in [-0.15, -0.1) is 4.99 Å². The molecular formula is C16H11N4O2S+. The largest absolute Gasteiger partial charge is 0.493 e. The smallest absolute Gasteiger partial charge is 0.307 e. The van der Waals surface area contributed by atoms with Crippen LogP contribution in [0.15, 0.2) is 52.3 Å². The minimum absolute atomic E-state index is 0.148. The highest BCUT2D eigenvalue weighted by molar-refractivity contribution is 7.10. The van der Waals surface area contributed by atoms with Gasteiger partial charge in [0.2, 0.25) is 17.6 Å². The second-order valence-corrected chi connectivity index (χ2v) is 5.88. The van der Waals surface area contributed by atoms with Gasteiger partial charge in [0.1, 0.15) is 10.2 Å². The molecule has 3 aromatic rings. The lowest BCUT2D eigenvalue weighted by molar-refractivity contribution is -0.351. The zero-order chi connectivity index (χ0) is 15.8. The van der Waals surface area contributed by atoms with Crippen LogP contribution in [-0.4, -0.2) is 21.4 Å². The van der Waals surface area contributed by atoms with Crippen molar-refractivity contribution in [3.63, 3.8) is 0 Å². The topological polar surface area (TPSA) is 92.3 Å². The molecule has 0 aliphatic carbocycles. The average Bonchev–Trinajstić information content (AvgIpc) is 3.15. The third-order valence-electron chi connectivity index (χ3n) is 3.45. The number of fused-ring (bicyclic) bond motifs is 1. The highest BCUT2D eigenvalue weighted by Gasteiger charge is 2.18. The van der Waals surface area contributed by atoms with Gasteiger partial charge in [-0.2, -0.15) is 0 Å². The van der Waals surface area contributed by atoms with Gasteiger partial charge in [0, 0.05) is 5.57 Å². The average molecular weight is 323 g/mol. The Kier molecular flexibility index (Phi) is 3.13. The first-order valence-electron chi connectivity index (χ1n) is 6.88. The number of hydrogen-bond donors (Lipinski definition) is 3. The molecule has 2 aromatic heterocycles. The van der Waals surface area contributed by atoms with Crippen molar-refractivity contribution in [1.82, 2.24) is 9.97 Å².